The van der Waals surface area contributed by atoms with E-state index in [1.54, 1.807) is 4.68 Å². The standard InChI is InChI=1S/C16H27N3O/c1-11-10-14(19(5)18-11)17-15(20)12-6-8-13(9-7-12)16(2,3)4/h10,12-13H,6-9H2,1-5H3,(H,17,20). The van der Waals surface area contributed by atoms with Crippen LogP contribution in [-0.4, -0.2) is 15.7 Å². The van der Waals surface area contributed by atoms with E-state index >= 15 is 0 Å². The maximum Gasteiger partial charge on any atom is 0.228 e. The molecular weight excluding hydrogens is 250 g/mol. The Morgan fingerprint density at radius 1 is 1.30 bits per heavy atom. The molecule has 0 spiro atoms. The van der Waals surface area contributed by atoms with E-state index in [0.717, 1.165) is 43.1 Å². The first kappa shape index (κ1) is 15.1. The fourth-order valence-corrected chi connectivity index (χ4v) is 3.18. The van der Waals surface area contributed by atoms with Gasteiger partial charge in [-0.15, -0.1) is 0 Å². The summed E-state index contributed by atoms with van der Waals surface area (Å²) in [6, 6.07) is 1.92. The molecule has 0 radical (unpaired) electrons. The minimum absolute atomic E-state index is 0.153. The third-order valence-electron chi connectivity index (χ3n) is 4.58. The summed E-state index contributed by atoms with van der Waals surface area (Å²) < 4.78 is 1.73. The topological polar surface area (TPSA) is 46.9 Å². The van der Waals surface area contributed by atoms with Gasteiger partial charge in [0.2, 0.25) is 5.91 Å². The molecule has 1 aliphatic rings. The normalized spacial score (nSPS) is 23.6. The second-order valence-electron chi connectivity index (χ2n) is 7.20. The molecule has 1 heterocycles. The van der Waals surface area contributed by atoms with Crippen LogP contribution in [0.25, 0.3) is 0 Å². The maximum absolute atomic E-state index is 12.3. The first-order chi connectivity index (χ1) is 9.27. The Bertz CT molecular complexity index is 476. The molecule has 1 amide bonds. The second-order valence-corrected chi connectivity index (χ2v) is 7.20. The molecule has 4 heteroatoms. The molecule has 1 N–H and O–H groups in total. The van der Waals surface area contributed by atoms with Crippen LogP contribution >= 0.6 is 0 Å². The maximum atomic E-state index is 12.3. The predicted molar refractivity (Wildman–Crippen MR) is 81.5 cm³/mol. The number of carbonyl (C=O) groups is 1. The molecule has 0 atom stereocenters. The smallest absolute Gasteiger partial charge is 0.228 e. The Kier molecular flexibility index (Phi) is 4.21. The monoisotopic (exact) mass is 277 g/mol. The van der Waals surface area contributed by atoms with Crippen LogP contribution in [0.4, 0.5) is 5.82 Å². The highest BCUT2D eigenvalue weighted by Gasteiger charge is 2.32. The fourth-order valence-electron chi connectivity index (χ4n) is 3.18. The Hall–Kier alpha value is -1.32. The lowest BCUT2D eigenvalue weighted by Crippen LogP contribution is -2.31. The summed E-state index contributed by atoms with van der Waals surface area (Å²) in [5.41, 5.74) is 1.29. The minimum Gasteiger partial charge on any atom is -0.311 e. The number of nitrogens with zero attached hydrogens (tertiary/aromatic N) is 2. The predicted octanol–water partition coefficient (Wildman–Crippen LogP) is 3.52. The molecule has 1 aliphatic carbocycles. The number of aromatic nitrogens is 2. The zero-order valence-electron chi connectivity index (χ0n) is 13.4. The van der Waals surface area contributed by atoms with E-state index in [1.165, 1.54) is 0 Å². The van der Waals surface area contributed by atoms with Gasteiger partial charge in [0, 0.05) is 19.0 Å². The van der Waals surface area contributed by atoms with Gasteiger partial charge in [-0.25, -0.2) is 0 Å². The van der Waals surface area contributed by atoms with Crippen molar-refractivity contribution in [3.8, 4) is 0 Å². The number of carbonyl (C=O) groups excluding carboxylic acids is 1. The number of hydrogen-bond acceptors (Lipinski definition) is 2. The first-order valence-corrected chi connectivity index (χ1v) is 7.59. The summed E-state index contributed by atoms with van der Waals surface area (Å²) in [6.07, 6.45) is 4.33. The van der Waals surface area contributed by atoms with Crippen LogP contribution in [0.1, 0.15) is 52.1 Å². The largest absolute Gasteiger partial charge is 0.311 e. The van der Waals surface area contributed by atoms with Gasteiger partial charge in [0.25, 0.3) is 0 Å². The molecule has 1 aromatic rings. The Morgan fingerprint density at radius 2 is 1.90 bits per heavy atom. The van der Waals surface area contributed by atoms with Crippen molar-refractivity contribution in [1.29, 1.82) is 0 Å². The third kappa shape index (κ3) is 3.41. The van der Waals surface area contributed by atoms with Crippen LogP contribution in [-0.2, 0) is 11.8 Å². The average Bonchev–Trinajstić information content (AvgIpc) is 2.67. The Labute approximate surface area is 121 Å². The van der Waals surface area contributed by atoms with Crippen molar-refractivity contribution in [1.82, 2.24) is 9.78 Å². The zero-order valence-corrected chi connectivity index (χ0v) is 13.4. The van der Waals surface area contributed by atoms with Crippen molar-refractivity contribution in [2.75, 3.05) is 5.32 Å². The van der Waals surface area contributed by atoms with Crippen LogP contribution in [0.15, 0.2) is 6.07 Å². The number of anilines is 1. The molecule has 0 saturated heterocycles. The van der Waals surface area contributed by atoms with Gasteiger partial charge in [0.1, 0.15) is 5.82 Å². The number of amides is 1. The summed E-state index contributed by atoms with van der Waals surface area (Å²) >= 11 is 0. The second kappa shape index (κ2) is 5.58. The molecule has 1 aromatic heterocycles. The Morgan fingerprint density at radius 3 is 2.35 bits per heavy atom. The van der Waals surface area contributed by atoms with Crippen LogP contribution in [0.2, 0.25) is 0 Å². The summed E-state index contributed by atoms with van der Waals surface area (Å²) in [4.78, 5) is 12.3. The summed E-state index contributed by atoms with van der Waals surface area (Å²) in [7, 11) is 1.86. The molecule has 0 aromatic carbocycles. The molecule has 0 aliphatic heterocycles. The van der Waals surface area contributed by atoms with Crippen LogP contribution in [0.3, 0.4) is 0 Å². The van der Waals surface area contributed by atoms with E-state index in [4.69, 9.17) is 0 Å². The van der Waals surface area contributed by atoms with Crippen molar-refractivity contribution in [2.45, 2.75) is 53.4 Å². The van der Waals surface area contributed by atoms with Gasteiger partial charge >= 0.3 is 0 Å². The lowest BCUT2D eigenvalue weighted by atomic mass is 9.70. The molecule has 20 heavy (non-hydrogen) atoms. The average molecular weight is 277 g/mol. The van der Waals surface area contributed by atoms with Crippen LogP contribution in [0.5, 0.6) is 0 Å². The van der Waals surface area contributed by atoms with Gasteiger partial charge < -0.3 is 5.32 Å². The van der Waals surface area contributed by atoms with Gasteiger partial charge in [-0.1, -0.05) is 20.8 Å². The summed E-state index contributed by atoms with van der Waals surface area (Å²) in [5, 5.41) is 7.27. The van der Waals surface area contributed by atoms with Crippen molar-refractivity contribution in [2.24, 2.45) is 24.3 Å². The van der Waals surface area contributed by atoms with E-state index < -0.39 is 0 Å². The molecule has 0 unspecified atom stereocenters. The Balaban J connectivity index is 1.91. The molecule has 1 saturated carbocycles. The van der Waals surface area contributed by atoms with Gasteiger partial charge in [0.15, 0.2) is 0 Å². The van der Waals surface area contributed by atoms with Crippen LogP contribution < -0.4 is 5.32 Å². The lowest BCUT2D eigenvalue weighted by molar-refractivity contribution is -0.121. The SMILES string of the molecule is Cc1cc(NC(=O)C2CCC(C(C)(C)C)CC2)n(C)n1. The van der Waals surface area contributed by atoms with Gasteiger partial charge in [-0.2, -0.15) is 5.10 Å². The first-order valence-electron chi connectivity index (χ1n) is 7.59. The number of aryl methyl sites for hydroxylation is 2. The zero-order chi connectivity index (χ0) is 14.9. The molecule has 1 fully saturated rings. The van der Waals surface area contributed by atoms with Gasteiger partial charge in [0.05, 0.1) is 5.69 Å². The third-order valence-corrected chi connectivity index (χ3v) is 4.58. The van der Waals surface area contributed by atoms with Crippen LogP contribution in [0, 0.1) is 24.2 Å². The highest BCUT2D eigenvalue weighted by molar-refractivity contribution is 5.91. The van der Waals surface area contributed by atoms with E-state index in [1.807, 2.05) is 20.0 Å². The van der Waals surface area contributed by atoms with Crippen molar-refractivity contribution < 1.29 is 4.79 Å². The highest BCUT2D eigenvalue weighted by atomic mass is 16.2. The van der Waals surface area contributed by atoms with Gasteiger partial charge in [-0.05, 0) is 43.9 Å². The van der Waals surface area contributed by atoms with E-state index in [0.29, 0.717) is 5.41 Å². The van der Waals surface area contributed by atoms with Crippen molar-refractivity contribution in [3.05, 3.63) is 11.8 Å². The number of hydrogen-bond donors (Lipinski definition) is 1. The minimum atomic E-state index is 0.153. The van der Waals surface area contributed by atoms with Gasteiger partial charge in [-0.3, -0.25) is 9.48 Å². The van der Waals surface area contributed by atoms with Crippen molar-refractivity contribution in [3.63, 3.8) is 0 Å². The number of rotatable bonds is 2. The van der Waals surface area contributed by atoms with E-state index in [-0.39, 0.29) is 11.8 Å². The summed E-state index contributed by atoms with van der Waals surface area (Å²) in [5.74, 6) is 1.85. The molecule has 4 nitrogen and oxygen atoms in total. The molecule has 112 valence electrons. The molecular formula is C16H27N3O. The summed E-state index contributed by atoms with van der Waals surface area (Å²) in [6.45, 7) is 8.84. The fraction of sp³-hybridized carbons (Fsp3) is 0.750. The van der Waals surface area contributed by atoms with E-state index in [9.17, 15) is 4.79 Å². The quantitative estimate of drug-likeness (QED) is 0.899. The molecule has 2 rings (SSSR count). The highest BCUT2D eigenvalue weighted by Crippen LogP contribution is 2.40. The lowest BCUT2D eigenvalue weighted by Gasteiger charge is -2.36. The number of nitrogens with one attached hydrogen (secondary N) is 1. The van der Waals surface area contributed by atoms with E-state index in [2.05, 4.69) is 31.2 Å². The molecule has 0 bridgehead atoms. The van der Waals surface area contributed by atoms with Crippen molar-refractivity contribution >= 4 is 11.7 Å².